The Bertz CT molecular complexity index is 1130. The summed E-state index contributed by atoms with van der Waals surface area (Å²) in [7, 11) is 0. The van der Waals surface area contributed by atoms with E-state index in [1.54, 1.807) is 9.58 Å². The zero-order chi connectivity index (χ0) is 24.3. The zero-order valence-corrected chi connectivity index (χ0v) is 19.5. The van der Waals surface area contributed by atoms with Crippen LogP contribution in [0.5, 0.6) is 0 Å². The predicted octanol–water partition coefficient (Wildman–Crippen LogP) is 4.50. The summed E-state index contributed by atoms with van der Waals surface area (Å²) in [6.45, 7) is 0.751. The van der Waals surface area contributed by atoms with E-state index in [0.717, 1.165) is 55.5 Å². The second-order valence-electron chi connectivity index (χ2n) is 9.23. The number of alkyl halides is 3. The van der Waals surface area contributed by atoms with E-state index in [1.165, 1.54) is 0 Å². The lowest BCUT2D eigenvalue weighted by Crippen LogP contribution is -2.42. The van der Waals surface area contributed by atoms with E-state index >= 15 is 0 Å². The van der Waals surface area contributed by atoms with Crippen LogP contribution in [0, 0.1) is 5.92 Å². The summed E-state index contributed by atoms with van der Waals surface area (Å²) in [5.41, 5.74) is 2.84. The van der Waals surface area contributed by atoms with Crippen LogP contribution >= 0.6 is 0 Å². The molecular formula is C24H29F3N8. The quantitative estimate of drug-likeness (QED) is 0.568. The number of aromatic nitrogens is 6. The number of hydrogen-bond acceptors (Lipinski definition) is 7. The minimum Gasteiger partial charge on any atom is -0.362 e. The molecule has 0 bridgehead atoms. The highest BCUT2D eigenvalue weighted by Gasteiger charge is 2.42. The summed E-state index contributed by atoms with van der Waals surface area (Å²) >= 11 is 0. The monoisotopic (exact) mass is 486 g/mol. The van der Waals surface area contributed by atoms with Crippen LogP contribution in [0.1, 0.15) is 55.6 Å². The maximum Gasteiger partial charge on any atom is 0.393 e. The first-order valence-electron chi connectivity index (χ1n) is 12.3. The fourth-order valence-electron chi connectivity index (χ4n) is 4.90. The first-order valence-corrected chi connectivity index (χ1v) is 12.3. The fraction of sp³-hybridized carbons (Fsp3) is 0.542. The maximum absolute atomic E-state index is 13.4. The predicted molar refractivity (Wildman–Crippen MR) is 125 cm³/mol. The number of anilines is 2. The standard InChI is InChI=1S/C24H29F3N8/c25-24(26,27)17-9-8-14-34(16-17)23-29-20-13-7-2-1-6-12-19(20)22(30-23)28-15-21-31-32-33-35(21)18-10-4-3-5-11-18/h3-5,10-11,17H,1-2,6-9,12-16H2,(H,28,29,30)/t17-/m1/s1. The van der Waals surface area contributed by atoms with E-state index in [-0.39, 0.29) is 13.0 Å². The molecule has 2 aromatic heterocycles. The largest absolute Gasteiger partial charge is 0.393 e. The average molecular weight is 487 g/mol. The van der Waals surface area contributed by atoms with E-state index in [2.05, 4.69) is 20.8 Å². The summed E-state index contributed by atoms with van der Waals surface area (Å²) in [6.07, 6.45) is 2.38. The van der Waals surface area contributed by atoms with Crippen molar-refractivity contribution in [1.29, 1.82) is 0 Å². The molecular weight excluding hydrogens is 457 g/mol. The molecule has 1 N–H and O–H groups in total. The van der Waals surface area contributed by atoms with Crippen LogP contribution in [-0.2, 0) is 19.4 Å². The molecule has 2 aliphatic rings. The number of piperidine rings is 1. The highest BCUT2D eigenvalue weighted by molar-refractivity contribution is 5.52. The van der Waals surface area contributed by atoms with E-state index < -0.39 is 12.1 Å². The molecule has 3 aromatic rings. The van der Waals surface area contributed by atoms with Gasteiger partial charge in [-0.25, -0.2) is 4.98 Å². The molecule has 1 aliphatic carbocycles. The molecule has 11 heteroatoms. The van der Waals surface area contributed by atoms with E-state index in [4.69, 9.17) is 9.97 Å². The first-order chi connectivity index (χ1) is 17.0. The molecule has 1 saturated heterocycles. The van der Waals surface area contributed by atoms with Gasteiger partial charge in [-0.05, 0) is 61.1 Å². The number of aryl methyl sites for hydroxylation is 1. The van der Waals surface area contributed by atoms with Gasteiger partial charge in [0.05, 0.1) is 23.8 Å². The van der Waals surface area contributed by atoms with Gasteiger partial charge in [-0.3, -0.25) is 0 Å². The van der Waals surface area contributed by atoms with Gasteiger partial charge in [0.1, 0.15) is 5.82 Å². The van der Waals surface area contributed by atoms with Crippen molar-refractivity contribution < 1.29 is 13.2 Å². The minimum absolute atomic E-state index is 0.103. The molecule has 35 heavy (non-hydrogen) atoms. The molecule has 1 aliphatic heterocycles. The van der Waals surface area contributed by atoms with Crippen molar-refractivity contribution in [2.24, 2.45) is 5.92 Å². The third kappa shape index (κ3) is 5.38. The number of nitrogens with zero attached hydrogens (tertiary/aromatic N) is 7. The summed E-state index contributed by atoms with van der Waals surface area (Å²) in [4.78, 5) is 11.2. The Hall–Kier alpha value is -3.24. The lowest BCUT2D eigenvalue weighted by atomic mass is 9.96. The van der Waals surface area contributed by atoms with Gasteiger partial charge in [-0.15, -0.1) is 5.10 Å². The fourth-order valence-corrected chi connectivity index (χ4v) is 4.90. The number of rotatable bonds is 5. The molecule has 0 spiro atoms. The summed E-state index contributed by atoms with van der Waals surface area (Å²) in [5.74, 6) is 0.312. The van der Waals surface area contributed by atoms with Crippen LogP contribution in [-0.4, -0.2) is 49.4 Å². The first kappa shape index (κ1) is 23.5. The van der Waals surface area contributed by atoms with Crippen LogP contribution in [0.2, 0.25) is 0 Å². The number of halogens is 3. The van der Waals surface area contributed by atoms with Gasteiger partial charge in [0, 0.05) is 18.7 Å². The molecule has 0 unspecified atom stereocenters. The summed E-state index contributed by atoms with van der Waals surface area (Å²) in [6, 6.07) is 9.61. The second kappa shape index (κ2) is 10.2. The van der Waals surface area contributed by atoms with E-state index in [1.807, 2.05) is 30.3 Å². The normalized spacial score (nSPS) is 19.1. The Kier molecular flexibility index (Phi) is 6.83. The summed E-state index contributed by atoms with van der Waals surface area (Å²) in [5, 5.41) is 15.5. The van der Waals surface area contributed by atoms with Gasteiger partial charge in [-0.2, -0.15) is 22.8 Å². The van der Waals surface area contributed by atoms with Crippen molar-refractivity contribution in [3.8, 4) is 5.69 Å². The third-order valence-corrected chi connectivity index (χ3v) is 6.79. The Balaban J connectivity index is 1.44. The molecule has 186 valence electrons. The molecule has 0 amide bonds. The lowest BCUT2D eigenvalue weighted by Gasteiger charge is -2.34. The molecule has 5 rings (SSSR count). The number of benzene rings is 1. The van der Waals surface area contributed by atoms with Crippen molar-refractivity contribution in [2.75, 3.05) is 23.3 Å². The maximum atomic E-state index is 13.4. The van der Waals surface area contributed by atoms with Gasteiger partial charge in [0.2, 0.25) is 5.95 Å². The zero-order valence-electron chi connectivity index (χ0n) is 19.5. The van der Waals surface area contributed by atoms with Crippen molar-refractivity contribution in [3.05, 3.63) is 47.4 Å². The van der Waals surface area contributed by atoms with Gasteiger partial charge in [0.15, 0.2) is 5.82 Å². The van der Waals surface area contributed by atoms with Crippen molar-refractivity contribution in [3.63, 3.8) is 0 Å². The Morgan fingerprint density at radius 1 is 0.971 bits per heavy atom. The van der Waals surface area contributed by atoms with Crippen LogP contribution in [0.25, 0.3) is 5.69 Å². The number of fused-ring (bicyclic) bond motifs is 1. The van der Waals surface area contributed by atoms with Crippen LogP contribution < -0.4 is 10.2 Å². The molecule has 8 nitrogen and oxygen atoms in total. The van der Waals surface area contributed by atoms with E-state index in [0.29, 0.717) is 37.1 Å². The Labute approximate surface area is 202 Å². The highest BCUT2D eigenvalue weighted by Crippen LogP contribution is 2.35. The van der Waals surface area contributed by atoms with Crippen molar-refractivity contribution in [2.45, 2.75) is 64.1 Å². The average Bonchev–Trinajstić information content (AvgIpc) is 3.32. The van der Waals surface area contributed by atoms with Crippen molar-refractivity contribution in [1.82, 2.24) is 30.2 Å². The molecule has 0 radical (unpaired) electrons. The van der Waals surface area contributed by atoms with Crippen LogP contribution in [0.3, 0.4) is 0 Å². The minimum atomic E-state index is -4.21. The Morgan fingerprint density at radius 2 is 1.77 bits per heavy atom. The molecule has 3 heterocycles. The van der Waals surface area contributed by atoms with Gasteiger partial charge in [0.25, 0.3) is 0 Å². The topological polar surface area (TPSA) is 84.7 Å². The number of para-hydroxylation sites is 1. The number of tetrazole rings is 1. The molecule has 1 atom stereocenters. The van der Waals surface area contributed by atoms with Gasteiger partial charge >= 0.3 is 6.18 Å². The summed E-state index contributed by atoms with van der Waals surface area (Å²) < 4.78 is 42.0. The molecule has 1 fully saturated rings. The Morgan fingerprint density at radius 3 is 2.57 bits per heavy atom. The molecule has 0 saturated carbocycles. The van der Waals surface area contributed by atoms with E-state index in [9.17, 15) is 13.2 Å². The number of hydrogen-bond donors (Lipinski definition) is 1. The smallest absolute Gasteiger partial charge is 0.362 e. The van der Waals surface area contributed by atoms with Crippen LogP contribution in [0.4, 0.5) is 24.9 Å². The van der Waals surface area contributed by atoms with Gasteiger partial charge < -0.3 is 10.2 Å². The van der Waals surface area contributed by atoms with Gasteiger partial charge in [-0.1, -0.05) is 31.0 Å². The molecule has 1 aromatic carbocycles. The van der Waals surface area contributed by atoms with Crippen molar-refractivity contribution >= 4 is 11.8 Å². The second-order valence-corrected chi connectivity index (χ2v) is 9.23. The highest BCUT2D eigenvalue weighted by atomic mass is 19.4. The van der Waals surface area contributed by atoms with Crippen LogP contribution in [0.15, 0.2) is 30.3 Å². The number of nitrogens with one attached hydrogen (secondary N) is 1. The lowest BCUT2D eigenvalue weighted by molar-refractivity contribution is -0.176. The SMILES string of the molecule is FC(F)(F)[C@@H]1CCCN(c2nc3c(c(NCc4nnnn4-c4ccccc4)n2)CCCCCC3)C1. The third-order valence-electron chi connectivity index (χ3n) is 6.79.